The number of amides is 1. The smallest absolute Gasteiger partial charge is 0.249 e. The summed E-state index contributed by atoms with van der Waals surface area (Å²) in [6, 6.07) is 8.28. The summed E-state index contributed by atoms with van der Waals surface area (Å²) in [7, 11) is 0. The fourth-order valence-electron chi connectivity index (χ4n) is 5.38. The number of piperidine rings is 1. The predicted octanol–water partition coefficient (Wildman–Crippen LogP) is 3.11. The second kappa shape index (κ2) is 12.5. The maximum atomic E-state index is 12.6. The molecule has 3 aliphatic rings. The lowest BCUT2D eigenvalue weighted by atomic mass is 9.82. The Bertz CT molecular complexity index is 759. The number of carbonyl (C=O) groups is 2. The summed E-state index contributed by atoms with van der Waals surface area (Å²) in [5.41, 5.74) is 1.19. The summed E-state index contributed by atoms with van der Waals surface area (Å²) in [6.45, 7) is 2.35. The molecule has 2 saturated heterocycles. The molecule has 0 bridgehead atoms. The van der Waals surface area contributed by atoms with E-state index in [0.29, 0.717) is 19.1 Å². The Labute approximate surface area is 196 Å². The summed E-state index contributed by atoms with van der Waals surface area (Å²) in [5.74, 6) is 1.29. The second-order valence-electron chi connectivity index (χ2n) is 9.50. The van der Waals surface area contributed by atoms with Gasteiger partial charge in [-0.25, -0.2) is 0 Å². The molecule has 7 heteroatoms. The molecule has 2 heterocycles. The molecule has 1 amide bonds. The van der Waals surface area contributed by atoms with Crippen molar-refractivity contribution in [2.75, 3.05) is 26.4 Å². The molecule has 4 rings (SSSR count). The van der Waals surface area contributed by atoms with E-state index in [9.17, 15) is 9.59 Å². The first kappa shape index (κ1) is 24.2. The zero-order valence-electron chi connectivity index (χ0n) is 19.5. The summed E-state index contributed by atoms with van der Waals surface area (Å²) in [6.07, 6.45) is 9.80. The fraction of sp³-hybridized carbons (Fsp3) is 0.692. The number of carbonyl (C=O) groups excluding carboxylic acids is 2. The molecule has 0 aromatic heterocycles. The van der Waals surface area contributed by atoms with Gasteiger partial charge in [0.05, 0.1) is 18.8 Å². The summed E-state index contributed by atoms with van der Waals surface area (Å²) >= 11 is 0. The van der Waals surface area contributed by atoms with Crippen molar-refractivity contribution in [2.45, 2.75) is 88.0 Å². The lowest BCUT2D eigenvalue weighted by molar-refractivity contribution is -0.136. The van der Waals surface area contributed by atoms with E-state index in [0.717, 1.165) is 76.4 Å². The number of benzene rings is 1. The number of aldehydes is 1. The van der Waals surface area contributed by atoms with Crippen LogP contribution in [-0.2, 0) is 19.1 Å². The quantitative estimate of drug-likeness (QED) is 0.553. The third-order valence-corrected chi connectivity index (χ3v) is 7.24. The minimum atomic E-state index is -0.295. The predicted molar refractivity (Wildman–Crippen MR) is 125 cm³/mol. The van der Waals surface area contributed by atoms with Gasteiger partial charge in [0, 0.05) is 12.6 Å². The van der Waals surface area contributed by atoms with Crippen molar-refractivity contribution >= 4 is 12.2 Å². The number of hydrogen-bond donors (Lipinski definition) is 2. The van der Waals surface area contributed by atoms with Crippen molar-refractivity contribution < 1.29 is 23.8 Å². The van der Waals surface area contributed by atoms with E-state index >= 15 is 0 Å². The van der Waals surface area contributed by atoms with Crippen molar-refractivity contribution in [1.29, 1.82) is 0 Å². The third-order valence-electron chi connectivity index (χ3n) is 7.24. The van der Waals surface area contributed by atoms with E-state index < -0.39 is 0 Å². The van der Waals surface area contributed by atoms with Crippen LogP contribution in [0, 0.1) is 0 Å². The zero-order chi connectivity index (χ0) is 22.9. The molecular weight excluding hydrogens is 420 g/mol. The van der Waals surface area contributed by atoms with E-state index in [4.69, 9.17) is 14.2 Å². The Morgan fingerprint density at radius 2 is 1.94 bits per heavy atom. The monoisotopic (exact) mass is 458 g/mol. The summed E-state index contributed by atoms with van der Waals surface area (Å²) in [4.78, 5) is 23.3. The van der Waals surface area contributed by atoms with Gasteiger partial charge in [-0.15, -0.1) is 0 Å². The highest BCUT2D eigenvalue weighted by Crippen LogP contribution is 2.38. The van der Waals surface area contributed by atoms with Crippen LogP contribution < -0.4 is 15.4 Å². The van der Waals surface area contributed by atoms with Crippen LogP contribution in [0.15, 0.2) is 24.3 Å². The van der Waals surface area contributed by atoms with Gasteiger partial charge in [-0.3, -0.25) is 9.59 Å². The van der Waals surface area contributed by atoms with E-state index in [1.165, 1.54) is 5.56 Å². The van der Waals surface area contributed by atoms with Crippen LogP contribution in [0.5, 0.6) is 5.75 Å². The minimum Gasteiger partial charge on any atom is -0.486 e. The van der Waals surface area contributed by atoms with Gasteiger partial charge in [0.1, 0.15) is 18.5 Å². The lowest BCUT2D eigenvalue weighted by Gasteiger charge is -2.36. The maximum Gasteiger partial charge on any atom is 0.249 e. The number of para-hydroxylation sites is 1. The molecule has 7 nitrogen and oxygen atoms in total. The molecule has 0 unspecified atom stereocenters. The highest BCUT2D eigenvalue weighted by Gasteiger charge is 2.31. The Kier molecular flexibility index (Phi) is 9.15. The van der Waals surface area contributed by atoms with Crippen LogP contribution in [0.4, 0.5) is 0 Å². The van der Waals surface area contributed by atoms with Crippen LogP contribution >= 0.6 is 0 Å². The van der Waals surface area contributed by atoms with Crippen molar-refractivity contribution in [2.24, 2.45) is 0 Å². The van der Waals surface area contributed by atoms with E-state index in [1.807, 2.05) is 18.2 Å². The van der Waals surface area contributed by atoms with Gasteiger partial charge in [-0.1, -0.05) is 18.2 Å². The van der Waals surface area contributed by atoms with Crippen LogP contribution in [0.3, 0.4) is 0 Å². The first-order valence-corrected chi connectivity index (χ1v) is 12.7. The number of hydrogen-bond acceptors (Lipinski definition) is 6. The number of nitrogens with one attached hydrogen (secondary N) is 2. The molecule has 1 aliphatic carbocycles. The van der Waals surface area contributed by atoms with Gasteiger partial charge in [-0.2, -0.15) is 0 Å². The molecular formula is C26H38N2O5. The lowest BCUT2D eigenvalue weighted by Crippen LogP contribution is -2.57. The SMILES string of the molecule is O=CCOc1ccccc1C1CCC(OC[C@@H]2NCCC[C@@H]2NC(=O)[C@H]2CCCCO2)CC1. The normalized spacial score (nSPS) is 30.4. The van der Waals surface area contributed by atoms with Crippen LogP contribution in [-0.4, -0.2) is 62.9 Å². The largest absolute Gasteiger partial charge is 0.486 e. The van der Waals surface area contributed by atoms with Crippen molar-refractivity contribution in [1.82, 2.24) is 10.6 Å². The number of rotatable bonds is 9. The molecule has 1 saturated carbocycles. The average molecular weight is 459 g/mol. The van der Waals surface area contributed by atoms with E-state index in [-0.39, 0.29) is 36.8 Å². The zero-order valence-corrected chi connectivity index (χ0v) is 19.5. The molecule has 3 atom stereocenters. The summed E-state index contributed by atoms with van der Waals surface area (Å²) < 4.78 is 17.6. The Balaban J connectivity index is 1.24. The fourth-order valence-corrected chi connectivity index (χ4v) is 5.38. The van der Waals surface area contributed by atoms with Crippen molar-refractivity contribution in [3.8, 4) is 5.75 Å². The molecule has 3 fully saturated rings. The first-order valence-electron chi connectivity index (χ1n) is 12.7. The van der Waals surface area contributed by atoms with Gasteiger partial charge in [0.25, 0.3) is 0 Å². The molecule has 2 N–H and O–H groups in total. The molecule has 1 aromatic carbocycles. The van der Waals surface area contributed by atoms with Gasteiger partial charge in [0.2, 0.25) is 5.91 Å². The Morgan fingerprint density at radius 3 is 2.73 bits per heavy atom. The molecule has 0 spiro atoms. The van der Waals surface area contributed by atoms with Gasteiger partial charge < -0.3 is 24.8 Å². The van der Waals surface area contributed by atoms with E-state index in [1.54, 1.807) is 0 Å². The third kappa shape index (κ3) is 6.78. The minimum absolute atomic E-state index is 0.0318. The average Bonchev–Trinajstić information content (AvgIpc) is 2.88. The van der Waals surface area contributed by atoms with Gasteiger partial charge >= 0.3 is 0 Å². The van der Waals surface area contributed by atoms with Gasteiger partial charge in [0.15, 0.2) is 6.29 Å². The maximum absolute atomic E-state index is 12.6. The first-order chi connectivity index (χ1) is 16.2. The summed E-state index contributed by atoms with van der Waals surface area (Å²) in [5, 5.41) is 6.79. The molecule has 0 radical (unpaired) electrons. The van der Waals surface area contributed by atoms with Crippen LogP contribution in [0.25, 0.3) is 0 Å². The van der Waals surface area contributed by atoms with Crippen LogP contribution in [0.2, 0.25) is 0 Å². The number of ether oxygens (including phenoxy) is 3. The van der Waals surface area contributed by atoms with Crippen molar-refractivity contribution in [3.63, 3.8) is 0 Å². The molecule has 33 heavy (non-hydrogen) atoms. The van der Waals surface area contributed by atoms with Crippen molar-refractivity contribution in [3.05, 3.63) is 29.8 Å². The molecule has 2 aliphatic heterocycles. The molecule has 1 aromatic rings. The Morgan fingerprint density at radius 1 is 1.09 bits per heavy atom. The highest BCUT2D eigenvalue weighted by atomic mass is 16.5. The van der Waals surface area contributed by atoms with Gasteiger partial charge in [-0.05, 0) is 81.9 Å². The topological polar surface area (TPSA) is 85.9 Å². The standard InChI is InChI=1S/C26H38N2O5/c29-15-17-32-24-8-2-1-6-21(24)19-10-12-20(13-11-19)33-18-23-22(7-5-14-27-23)28-26(30)25-9-3-4-16-31-25/h1-2,6,8,15,19-20,22-23,25,27H,3-5,7,9-14,16-18H2,(H,28,30)/t19?,20?,22-,23-,25+/m0/s1. The Hall–Kier alpha value is -1.96. The molecule has 182 valence electrons. The second-order valence-corrected chi connectivity index (χ2v) is 9.50. The van der Waals surface area contributed by atoms with E-state index in [2.05, 4.69) is 16.7 Å². The highest BCUT2D eigenvalue weighted by molar-refractivity contribution is 5.81. The van der Waals surface area contributed by atoms with Crippen LogP contribution in [0.1, 0.15) is 69.3 Å².